The second-order valence-corrected chi connectivity index (χ2v) is 4.39. The van der Waals surface area contributed by atoms with Gasteiger partial charge in [0.25, 0.3) is 0 Å². The van der Waals surface area contributed by atoms with Gasteiger partial charge in [-0.25, -0.2) is 8.78 Å². The summed E-state index contributed by atoms with van der Waals surface area (Å²) in [6.07, 6.45) is 1.35. The standard InChI is InChI=1S/C13H18F2/c1-5-11-10(6-8(2)3)7-12(14)9(4)13(11)15/h7-8H,5-6H2,1-4H3. The Labute approximate surface area is 90.3 Å². The summed E-state index contributed by atoms with van der Waals surface area (Å²) in [5.74, 6) is -0.384. The van der Waals surface area contributed by atoms with Crippen LogP contribution in [0.4, 0.5) is 8.78 Å². The van der Waals surface area contributed by atoms with Gasteiger partial charge in [0.1, 0.15) is 11.6 Å². The summed E-state index contributed by atoms with van der Waals surface area (Å²) in [5.41, 5.74) is 1.62. The van der Waals surface area contributed by atoms with Gasteiger partial charge < -0.3 is 0 Å². The lowest BCUT2D eigenvalue weighted by atomic mass is 9.94. The number of rotatable bonds is 3. The van der Waals surface area contributed by atoms with E-state index in [1.54, 1.807) is 0 Å². The Morgan fingerprint density at radius 1 is 1.27 bits per heavy atom. The lowest BCUT2D eigenvalue weighted by Gasteiger charge is -2.13. The maximum atomic E-state index is 13.7. The molecule has 84 valence electrons. The van der Waals surface area contributed by atoms with Gasteiger partial charge in [-0.05, 0) is 42.9 Å². The molecule has 0 spiro atoms. The Morgan fingerprint density at radius 3 is 2.33 bits per heavy atom. The largest absolute Gasteiger partial charge is 0.207 e. The van der Waals surface area contributed by atoms with Crippen molar-refractivity contribution in [2.75, 3.05) is 0 Å². The minimum atomic E-state index is -0.430. The highest BCUT2D eigenvalue weighted by Crippen LogP contribution is 2.23. The molecule has 0 fully saturated rings. The molecule has 0 aromatic heterocycles. The van der Waals surface area contributed by atoms with E-state index in [-0.39, 0.29) is 11.4 Å². The molecule has 0 aliphatic carbocycles. The minimum Gasteiger partial charge on any atom is -0.207 e. The summed E-state index contributed by atoms with van der Waals surface area (Å²) < 4.78 is 27.1. The van der Waals surface area contributed by atoms with E-state index < -0.39 is 5.82 Å². The molecule has 1 aromatic rings. The average molecular weight is 212 g/mol. The number of benzene rings is 1. The zero-order valence-electron chi connectivity index (χ0n) is 9.82. The Kier molecular flexibility index (Phi) is 3.83. The molecule has 2 heteroatoms. The molecule has 0 bridgehead atoms. The minimum absolute atomic E-state index is 0.138. The molecule has 0 nitrogen and oxygen atoms in total. The molecular weight excluding hydrogens is 194 g/mol. The van der Waals surface area contributed by atoms with Crippen molar-refractivity contribution in [3.8, 4) is 0 Å². The number of hydrogen-bond acceptors (Lipinski definition) is 0. The third-order valence-electron chi connectivity index (χ3n) is 2.62. The van der Waals surface area contributed by atoms with Gasteiger partial charge >= 0.3 is 0 Å². The van der Waals surface area contributed by atoms with Gasteiger partial charge in [0.2, 0.25) is 0 Å². The highest BCUT2D eigenvalue weighted by Gasteiger charge is 2.14. The summed E-state index contributed by atoms with van der Waals surface area (Å²) >= 11 is 0. The van der Waals surface area contributed by atoms with Crippen LogP contribution in [0.15, 0.2) is 6.07 Å². The van der Waals surface area contributed by atoms with Crippen LogP contribution in [0.5, 0.6) is 0 Å². The maximum absolute atomic E-state index is 13.7. The highest BCUT2D eigenvalue weighted by molar-refractivity contribution is 5.34. The van der Waals surface area contributed by atoms with Crippen molar-refractivity contribution >= 4 is 0 Å². The van der Waals surface area contributed by atoms with Crippen molar-refractivity contribution in [1.29, 1.82) is 0 Å². The van der Waals surface area contributed by atoms with Crippen LogP contribution in [0.25, 0.3) is 0 Å². The van der Waals surface area contributed by atoms with Gasteiger partial charge in [-0.15, -0.1) is 0 Å². The Hall–Kier alpha value is -0.920. The van der Waals surface area contributed by atoms with Crippen molar-refractivity contribution in [3.05, 3.63) is 34.4 Å². The van der Waals surface area contributed by atoms with E-state index in [0.29, 0.717) is 17.9 Å². The van der Waals surface area contributed by atoms with Gasteiger partial charge in [-0.1, -0.05) is 20.8 Å². The van der Waals surface area contributed by atoms with Crippen molar-refractivity contribution in [2.45, 2.75) is 40.5 Å². The van der Waals surface area contributed by atoms with Crippen LogP contribution in [-0.4, -0.2) is 0 Å². The smallest absolute Gasteiger partial charge is 0.132 e. The first-order valence-corrected chi connectivity index (χ1v) is 5.43. The number of halogens is 2. The second kappa shape index (κ2) is 4.73. The normalized spacial score (nSPS) is 11.1. The van der Waals surface area contributed by atoms with Crippen LogP contribution < -0.4 is 0 Å². The molecule has 0 radical (unpaired) electrons. The van der Waals surface area contributed by atoms with E-state index in [4.69, 9.17) is 0 Å². The van der Waals surface area contributed by atoms with Crippen LogP contribution in [-0.2, 0) is 12.8 Å². The summed E-state index contributed by atoms with van der Waals surface area (Å²) in [6, 6.07) is 1.48. The Balaban J connectivity index is 3.25. The van der Waals surface area contributed by atoms with E-state index in [9.17, 15) is 8.78 Å². The molecule has 0 saturated carbocycles. The van der Waals surface area contributed by atoms with Crippen LogP contribution in [0, 0.1) is 24.5 Å². The molecule has 0 amide bonds. The second-order valence-electron chi connectivity index (χ2n) is 4.39. The average Bonchev–Trinajstić information content (AvgIpc) is 2.14. The molecular formula is C13H18F2. The summed E-state index contributed by atoms with van der Waals surface area (Å²) in [5, 5.41) is 0. The third kappa shape index (κ3) is 2.55. The first-order valence-electron chi connectivity index (χ1n) is 5.43. The zero-order chi connectivity index (χ0) is 11.6. The fourth-order valence-electron chi connectivity index (χ4n) is 1.82. The van der Waals surface area contributed by atoms with Crippen LogP contribution in [0.3, 0.4) is 0 Å². The lowest BCUT2D eigenvalue weighted by Crippen LogP contribution is -2.05. The van der Waals surface area contributed by atoms with Gasteiger partial charge in [-0.3, -0.25) is 0 Å². The van der Waals surface area contributed by atoms with Gasteiger partial charge in [-0.2, -0.15) is 0 Å². The predicted octanol–water partition coefficient (Wildman–Crippen LogP) is 4.03. The van der Waals surface area contributed by atoms with Crippen molar-refractivity contribution in [1.82, 2.24) is 0 Å². The lowest BCUT2D eigenvalue weighted by molar-refractivity contribution is 0.546. The summed E-state index contributed by atoms with van der Waals surface area (Å²) in [7, 11) is 0. The monoisotopic (exact) mass is 212 g/mol. The number of hydrogen-bond donors (Lipinski definition) is 0. The van der Waals surface area contributed by atoms with E-state index >= 15 is 0 Å². The first-order chi connectivity index (χ1) is 6.97. The molecule has 0 heterocycles. The van der Waals surface area contributed by atoms with E-state index in [0.717, 1.165) is 12.0 Å². The first kappa shape index (κ1) is 12.2. The Bertz CT molecular complexity index is 354. The van der Waals surface area contributed by atoms with Gasteiger partial charge in [0, 0.05) is 5.56 Å². The van der Waals surface area contributed by atoms with E-state index in [1.165, 1.54) is 13.0 Å². The molecule has 1 aromatic carbocycles. The molecule has 1 rings (SSSR count). The zero-order valence-corrected chi connectivity index (χ0v) is 9.82. The van der Waals surface area contributed by atoms with Crippen molar-refractivity contribution < 1.29 is 8.78 Å². The topological polar surface area (TPSA) is 0 Å². The van der Waals surface area contributed by atoms with Crippen LogP contribution in [0.2, 0.25) is 0 Å². The van der Waals surface area contributed by atoms with Crippen LogP contribution in [0.1, 0.15) is 37.5 Å². The molecule has 15 heavy (non-hydrogen) atoms. The van der Waals surface area contributed by atoms with Gasteiger partial charge in [0.05, 0.1) is 0 Å². The molecule has 0 aliphatic rings. The molecule has 0 saturated heterocycles. The molecule has 0 N–H and O–H groups in total. The molecule has 0 atom stereocenters. The highest BCUT2D eigenvalue weighted by atomic mass is 19.1. The quantitative estimate of drug-likeness (QED) is 0.709. The van der Waals surface area contributed by atoms with Gasteiger partial charge in [0.15, 0.2) is 0 Å². The molecule has 0 unspecified atom stereocenters. The Morgan fingerprint density at radius 2 is 1.87 bits per heavy atom. The predicted molar refractivity (Wildman–Crippen MR) is 59.0 cm³/mol. The fraction of sp³-hybridized carbons (Fsp3) is 0.538. The van der Waals surface area contributed by atoms with E-state index in [1.807, 2.05) is 6.92 Å². The molecule has 0 aliphatic heterocycles. The summed E-state index contributed by atoms with van der Waals surface area (Å²) in [6.45, 7) is 7.49. The summed E-state index contributed by atoms with van der Waals surface area (Å²) in [4.78, 5) is 0. The third-order valence-corrected chi connectivity index (χ3v) is 2.62. The SMILES string of the molecule is CCc1c(CC(C)C)cc(F)c(C)c1F. The van der Waals surface area contributed by atoms with Crippen molar-refractivity contribution in [3.63, 3.8) is 0 Å². The van der Waals surface area contributed by atoms with E-state index in [2.05, 4.69) is 13.8 Å². The fourth-order valence-corrected chi connectivity index (χ4v) is 1.82. The van der Waals surface area contributed by atoms with Crippen molar-refractivity contribution in [2.24, 2.45) is 5.92 Å². The van der Waals surface area contributed by atoms with Crippen LogP contribution >= 0.6 is 0 Å². The maximum Gasteiger partial charge on any atom is 0.132 e.